The third-order valence-electron chi connectivity index (χ3n) is 9.30. The topological polar surface area (TPSA) is 37.3 Å². The van der Waals surface area contributed by atoms with Crippen LogP contribution in [0, 0.1) is 34.5 Å². The summed E-state index contributed by atoms with van der Waals surface area (Å²) in [7, 11) is 0. The summed E-state index contributed by atoms with van der Waals surface area (Å²) in [5.74, 6) is 3.25. The van der Waals surface area contributed by atoms with Crippen LogP contribution in [-0.2, 0) is 4.79 Å². The molecular weight excluding hydrogens is 340 g/mol. The molecule has 142 valence electrons. The number of carbonyl (C=O) groups is 1. The summed E-state index contributed by atoms with van der Waals surface area (Å²) in [5.41, 5.74) is 2.37. The van der Waals surface area contributed by atoms with E-state index in [1.807, 2.05) is 0 Å². The average Bonchev–Trinajstić information content (AvgIpc) is 3.18. The first-order valence-corrected chi connectivity index (χ1v) is 11.5. The molecule has 0 aromatic carbocycles. The Balaban J connectivity index is 1.45. The van der Waals surface area contributed by atoms with E-state index in [2.05, 4.69) is 19.9 Å². The molecule has 0 amide bonds. The summed E-state index contributed by atoms with van der Waals surface area (Å²) in [5, 5.41) is 10.4. The number of carbonyl (C=O) groups excluding carboxylic acids is 1. The molecule has 5 rings (SSSR count). The zero-order chi connectivity index (χ0) is 18.1. The van der Waals surface area contributed by atoms with Crippen LogP contribution in [0.25, 0.3) is 0 Å². The van der Waals surface area contributed by atoms with Gasteiger partial charge >= 0.3 is 0 Å². The predicted octanol–water partition coefficient (Wildman–Crippen LogP) is 5.47. The van der Waals surface area contributed by atoms with E-state index in [0.29, 0.717) is 10.8 Å². The van der Waals surface area contributed by atoms with Crippen LogP contribution in [0.4, 0.5) is 0 Å². The molecule has 7 unspecified atom stereocenters. The van der Waals surface area contributed by atoms with Crippen molar-refractivity contribution in [3.05, 3.63) is 22.6 Å². The van der Waals surface area contributed by atoms with Crippen molar-refractivity contribution in [3.8, 4) is 0 Å². The van der Waals surface area contributed by atoms with E-state index in [0.717, 1.165) is 36.5 Å². The summed E-state index contributed by atoms with van der Waals surface area (Å²) < 4.78 is 0. The minimum Gasteiger partial charge on any atom is -0.393 e. The van der Waals surface area contributed by atoms with E-state index in [4.69, 9.17) is 0 Å². The van der Waals surface area contributed by atoms with Crippen molar-refractivity contribution in [2.75, 3.05) is 0 Å². The first-order valence-electron chi connectivity index (χ1n) is 10.7. The minimum absolute atomic E-state index is 0.0509. The van der Waals surface area contributed by atoms with Gasteiger partial charge in [-0.25, -0.2) is 0 Å². The molecule has 3 heteroatoms. The van der Waals surface area contributed by atoms with Crippen LogP contribution < -0.4 is 0 Å². The van der Waals surface area contributed by atoms with E-state index in [9.17, 15) is 9.90 Å². The number of aliphatic hydroxyl groups excluding tert-OH is 1. The smallest absolute Gasteiger partial charge is 0.216 e. The van der Waals surface area contributed by atoms with E-state index < -0.39 is 0 Å². The van der Waals surface area contributed by atoms with Gasteiger partial charge < -0.3 is 5.11 Å². The maximum atomic E-state index is 11.8. The zero-order valence-corrected chi connectivity index (χ0v) is 17.0. The Bertz CT molecular complexity index is 694. The van der Waals surface area contributed by atoms with Crippen LogP contribution >= 0.6 is 11.8 Å². The number of aliphatic hydroxyl groups is 1. The molecule has 4 fully saturated rings. The van der Waals surface area contributed by atoms with Gasteiger partial charge in [0.1, 0.15) is 0 Å². The van der Waals surface area contributed by atoms with Gasteiger partial charge in [-0.15, -0.1) is 0 Å². The normalized spacial score (nSPS) is 53.3. The second-order valence-corrected chi connectivity index (χ2v) is 11.2. The number of allylic oxidation sites excluding steroid dienone is 2. The van der Waals surface area contributed by atoms with E-state index >= 15 is 0 Å². The van der Waals surface area contributed by atoms with Crippen molar-refractivity contribution in [2.24, 2.45) is 34.5 Å². The molecule has 0 aromatic rings. The van der Waals surface area contributed by atoms with Gasteiger partial charge in [0.05, 0.1) is 6.10 Å². The Hall–Kier alpha value is -0.540. The molecule has 5 aliphatic rings. The number of fused-ring (bicyclic) bond motifs is 5. The molecule has 7 atom stereocenters. The van der Waals surface area contributed by atoms with Crippen LogP contribution in [0.1, 0.15) is 71.6 Å². The molecule has 4 saturated carbocycles. The number of hydrogen-bond acceptors (Lipinski definition) is 3. The highest BCUT2D eigenvalue weighted by atomic mass is 32.2. The summed E-state index contributed by atoms with van der Waals surface area (Å²) in [6.45, 7) is 5.07. The van der Waals surface area contributed by atoms with Crippen molar-refractivity contribution in [1.82, 2.24) is 0 Å². The number of rotatable bonds is 0. The van der Waals surface area contributed by atoms with Gasteiger partial charge in [0.15, 0.2) is 0 Å². The molecule has 26 heavy (non-hydrogen) atoms. The predicted molar refractivity (Wildman–Crippen MR) is 106 cm³/mol. The van der Waals surface area contributed by atoms with Crippen LogP contribution in [0.15, 0.2) is 22.6 Å². The standard InChI is InChI=1S/C23H32O2S/c1-22-11-9-15(24)13-14(22)3-4-16-17-5-6-19(20-7-8-21(25)26-20)23(17,2)12-10-18(16)22/h7-8,14-18,24H,3-6,9-13H2,1-2H3/b20-19-. The van der Waals surface area contributed by atoms with E-state index in [1.54, 1.807) is 11.6 Å². The molecule has 2 nitrogen and oxygen atoms in total. The van der Waals surface area contributed by atoms with Crippen LogP contribution in [0.5, 0.6) is 0 Å². The summed E-state index contributed by atoms with van der Waals surface area (Å²) in [6.07, 6.45) is 14.9. The molecule has 1 heterocycles. The number of hydrogen-bond donors (Lipinski definition) is 1. The summed E-state index contributed by atoms with van der Waals surface area (Å²) >= 11 is 1.47. The van der Waals surface area contributed by atoms with Crippen molar-refractivity contribution in [3.63, 3.8) is 0 Å². The van der Waals surface area contributed by atoms with Crippen molar-refractivity contribution in [1.29, 1.82) is 0 Å². The van der Waals surface area contributed by atoms with Crippen LogP contribution in [-0.4, -0.2) is 16.3 Å². The monoisotopic (exact) mass is 372 g/mol. The molecule has 1 N–H and O–H groups in total. The Labute approximate surface area is 161 Å². The Morgan fingerprint density at radius 2 is 1.88 bits per heavy atom. The average molecular weight is 373 g/mol. The van der Waals surface area contributed by atoms with E-state index in [-0.39, 0.29) is 11.2 Å². The van der Waals surface area contributed by atoms with Gasteiger partial charge in [-0.3, -0.25) is 4.79 Å². The fraction of sp³-hybridized carbons (Fsp3) is 0.783. The second kappa shape index (κ2) is 5.98. The fourth-order valence-electron chi connectivity index (χ4n) is 7.94. The van der Waals surface area contributed by atoms with Gasteiger partial charge in [0.2, 0.25) is 5.12 Å². The van der Waals surface area contributed by atoms with Gasteiger partial charge in [-0.1, -0.05) is 13.8 Å². The number of thioether (sulfide) groups is 1. The fourth-order valence-corrected chi connectivity index (χ4v) is 8.88. The van der Waals surface area contributed by atoms with E-state index in [1.165, 1.54) is 61.6 Å². The van der Waals surface area contributed by atoms with Gasteiger partial charge in [-0.05, 0) is 122 Å². The molecule has 0 saturated heterocycles. The maximum absolute atomic E-state index is 11.8. The molecule has 4 aliphatic carbocycles. The van der Waals surface area contributed by atoms with Crippen molar-refractivity contribution in [2.45, 2.75) is 77.7 Å². The quantitative estimate of drug-likeness (QED) is 0.612. The van der Waals surface area contributed by atoms with Crippen molar-refractivity contribution < 1.29 is 9.90 Å². The lowest BCUT2D eigenvalue weighted by atomic mass is 9.45. The lowest BCUT2D eigenvalue weighted by Gasteiger charge is -2.60. The highest BCUT2D eigenvalue weighted by Gasteiger charge is 2.59. The Morgan fingerprint density at radius 3 is 2.65 bits per heavy atom. The molecule has 0 bridgehead atoms. The highest BCUT2D eigenvalue weighted by molar-refractivity contribution is 8.17. The lowest BCUT2D eigenvalue weighted by molar-refractivity contribution is -0.116. The maximum Gasteiger partial charge on any atom is 0.216 e. The molecule has 0 radical (unpaired) electrons. The first kappa shape index (κ1) is 17.6. The van der Waals surface area contributed by atoms with Gasteiger partial charge in [-0.2, -0.15) is 0 Å². The third-order valence-corrected chi connectivity index (χ3v) is 10.2. The molecular formula is C23H32O2S. The second-order valence-electron chi connectivity index (χ2n) is 10.2. The molecule has 0 aromatic heterocycles. The molecule has 1 aliphatic heterocycles. The largest absolute Gasteiger partial charge is 0.393 e. The van der Waals surface area contributed by atoms with Crippen LogP contribution in [0.3, 0.4) is 0 Å². The van der Waals surface area contributed by atoms with Gasteiger partial charge in [0.25, 0.3) is 0 Å². The Morgan fingerprint density at radius 1 is 1.04 bits per heavy atom. The molecule has 0 spiro atoms. The van der Waals surface area contributed by atoms with Crippen LogP contribution in [0.2, 0.25) is 0 Å². The van der Waals surface area contributed by atoms with Crippen molar-refractivity contribution >= 4 is 16.9 Å². The first-order chi connectivity index (χ1) is 12.4. The lowest BCUT2D eigenvalue weighted by Crippen LogP contribution is -2.53. The summed E-state index contributed by atoms with van der Waals surface area (Å²) in [4.78, 5) is 13.0. The minimum atomic E-state index is -0.0509. The summed E-state index contributed by atoms with van der Waals surface area (Å²) in [6, 6.07) is 0. The highest BCUT2D eigenvalue weighted by Crippen LogP contribution is 2.68. The third kappa shape index (κ3) is 2.38. The van der Waals surface area contributed by atoms with Gasteiger partial charge in [0, 0.05) is 4.91 Å². The Kier molecular flexibility index (Phi) is 4.03. The zero-order valence-electron chi connectivity index (χ0n) is 16.2. The SMILES string of the molecule is CC12CCC3C(CCC4CC(O)CCC43C)C1CC/C2=C1\C=CC(=O)S1.